The van der Waals surface area contributed by atoms with Crippen molar-refractivity contribution in [3.8, 4) is 0 Å². The van der Waals surface area contributed by atoms with Crippen LogP contribution in [0.25, 0.3) is 0 Å². The average molecular weight is 512 g/mol. The zero-order valence-electron chi connectivity index (χ0n) is 23.5. The van der Waals surface area contributed by atoms with Crippen LogP contribution in [0.4, 0.5) is 0 Å². The molecule has 0 saturated carbocycles. The van der Waals surface area contributed by atoms with Gasteiger partial charge in [-0.2, -0.15) is 0 Å². The molecule has 0 spiro atoms. The maximum absolute atomic E-state index is 4.18. The molecule has 0 fully saturated rings. The Balaban J connectivity index is 1.11. The Kier molecular flexibility index (Phi) is 15.6. The first-order valence-corrected chi connectivity index (χ1v) is 15.1. The molecule has 3 heterocycles. The third-order valence-electron chi connectivity index (χ3n) is 7.15. The van der Waals surface area contributed by atoms with Crippen LogP contribution in [0.2, 0.25) is 0 Å². The molecule has 0 amide bonds. The molecule has 0 atom stereocenters. The Hall–Kier alpha value is -2.94. The standard InChI is InChI=1S/C35H49N3/c1(5-9-13-20-33-23-17-26-36-30-33)2-7-11-15-22-35-25-19-29-38(32-35)28-16-12-8-4-3-6-10-14-21-34-24-18-27-37-31-34/h5,9-10,14,17-19,23-27,30-32H,1-4,6-8,11-13,15-16,20-22,28-29H2. The van der Waals surface area contributed by atoms with Crippen molar-refractivity contribution in [2.75, 3.05) is 13.1 Å². The van der Waals surface area contributed by atoms with Gasteiger partial charge in [-0.15, -0.1) is 0 Å². The van der Waals surface area contributed by atoms with Crippen molar-refractivity contribution in [3.05, 3.63) is 108 Å². The van der Waals surface area contributed by atoms with Crippen molar-refractivity contribution >= 4 is 0 Å². The molecule has 3 heteroatoms. The molecular weight excluding hydrogens is 462 g/mol. The maximum Gasteiger partial charge on any atom is 0.0357 e. The smallest absolute Gasteiger partial charge is 0.0357 e. The SMILES string of the molecule is C(=CCc1cccnc1)CCCCCCCN1C=C(CCCCCCC=CCCc2cccnc2)C=CC1. The van der Waals surface area contributed by atoms with Crippen LogP contribution in [0, 0.1) is 0 Å². The van der Waals surface area contributed by atoms with E-state index in [0.29, 0.717) is 0 Å². The normalized spacial score (nSPS) is 13.6. The molecule has 0 N–H and O–H groups in total. The van der Waals surface area contributed by atoms with Crippen LogP contribution in [-0.2, 0) is 12.8 Å². The second-order valence-electron chi connectivity index (χ2n) is 10.5. The number of hydrogen-bond acceptors (Lipinski definition) is 3. The molecule has 3 rings (SSSR count). The van der Waals surface area contributed by atoms with E-state index in [1.807, 2.05) is 36.9 Å². The third-order valence-corrected chi connectivity index (χ3v) is 7.15. The largest absolute Gasteiger partial charge is 0.373 e. The van der Waals surface area contributed by atoms with Crippen LogP contribution in [-0.4, -0.2) is 28.0 Å². The van der Waals surface area contributed by atoms with Crippen LogP contribution in [0.1, 0.15) is 94.6 Å². The van der Waals surface area contributed by atoms with E-state index in [1.54, 1.807) is 0 Å². The Bertz CT molecular complexity index is 959. The number of hydrogen-bond donors (Lipinski definition) is 0. The number of unbranched alkanes of at least 4 members (excludes halogenated alkanes) is 9. The van der Waals surface area contributed by atoms with E-state index in [9.17, 15) is 0 Å². The third kappa shape index (κ3) is 14.1. The molecule has 0 bridgehead atoms. The molecule has 1 aliphatic rings. The zero-order valence-corrected chi connectivity index (χ0v) is 23.5. The van der Waals surface area contributed by atoms with Gasteiger partial charge >= 0.3 is 0 Å². The van der Waals surface area contributed by atoms with Gasteiger partial charge in [0.15, 0.2) is 0 Å². The minimum Gasteiger partial charge on any atom is -0.373 e. The highest BCUT2D eigenvalue weighted by Gasteiger charge is 2.05. The van der Waals surface area contributed by atoms with Gasteiger partial charge in [-0.05, 0) is 93.0 Å². The van der Waals surface area contributed by atoms with E-state index < -0.39 is 0 Å². The van der Waals surface area contributed by atoms with E-state index in [1.165, 1.54) is 100 Å². The summed E-state index contributed by atoms with van der Waals surface area (Å²) in [6.07, 6.45) is 42.9. The lowest BCUT2D eigenvalue weighted by atomic mass is 10.0. The summed E-state index contributed by atoms with van der Waals surface area (Å²) in [6.45, 7) is 2.28. The molecule has 2 aromatic rings. The first kappa shape index (κ1) is 29.6. The summed E-state index contributed by atoms with van der Waals surface area (Å²) in [5, 5.41) is 0. The Labute approximate surface area is 232 Å². The van der Waals surface area contributed by atoms with Crippen LogP contribution in [0.15, 0.2) is 97.3 Å². The van der Waals surface area contributed by atoms with Crippen molar-refractivity contribution in [2.45, 2.75) is 96.3 Å². The van der Waals surface area contributed by atoms with E-state index >= 15 is 0 Å². The van der Waals surface area contributed by atoms with Gasteiger partial charge in [-0.1, -0.05) is 80.7 Å². The summed E-state index contributed by atoms with van der Waals surface area (Å²) in [6, 6.07) is 8.33. The van der Waals surface area contributed by atoms with Crippen molar-refractivity contribution in [3.63, 3.8) is 0 Å². The number of aromatic nitrogens is 2. The van der Waals surface area contributed by atoms with Crippen molar-refractivity contribution in [1.29, 1.82) is 0 Å². The summed E-state index contributed by atoms with van der Waals surface area (Å²) in [4.78, 5) is 10.9. The molecule has 0 unspecified atom stereocenters. The second kappa shape index (κ2) is 20.1. The van der Waals surface area contributed by atoms with Crippen LogP contribution >= 0.6 is 0 Å². The van der Waals surface area contributed by atoms with Gasteiger partial charge in [-0.3, -0.25) is 9.97 Å². The minimum atomic E-state index is 1.000. The number of aryl methyl sites for hydroxylation is 1. The summed E-state index contributed by atoms with van der Waals surface area (Å²) in [5.74, 6) is 0. The summed E-state index contributed by atoms with van der Waals surface area (Å²) in [7, 11) is 0. The number of pyridine rings is 2. The lowest BCUT2D eigenvalue weighted by Crippen LogP contribution is -2.21. The molecule has 0 aromatic carbocycles. The predicted molar refractivity (Wildman–Crippen MR) is 163 cm³/mol. The highest BCUT2D eigenvalue weighted by molar-refractivity contribution is 5.22. The maximum atomic E-state index is 4.18. The second-order valence-corrected chi connectivity index (χ2v) is 10.5. The molecule has 1 aliphatic heterocycles. The molecule has 38 heavy (non-hydrogen) atoms. The molecule has 2 aromatic heterocycles. The first-order chi connectivity index (χ1) is 18.9. The topological polar surface area (TPSA) is 29.0 Å². The predicted octanol–water partition coefficient (Wildman–Crippen LogP) is 9.20. The fraction of sp³-hybridized carbons (Fsp3) is 0.486. The average Bonchev–Trinajstić information content (AvgIpc) is 2.96. The van der Waals surface area contributed by atoms with E-state index in [-0.39, 0.29) is 0 Å². The Morgan fingerprint density at radius 3 is 2.08 bits per heavy atom. The van der Waals surface area contributed by atoms with Gasteiger partial charge in [0.05, 0.1) is 0 Å². The highest BCUT2D eigenvalue weighted by Crippen LogP contribution is 2.17. The van der Waals surface area contributed by atoms with Crippen molar-refractivity contribution in [1.82, 2.24) is 14.9 Å². The minimum absolute atomic E-state index is 1.000. The number of nitrogens with zero attached hydrogens (tertiary/aromatic N) is 3. The van der Waals surface area contributed by atoms with Gasteiger partial charge in [0.1, 0.15) is 0 Å². The quantitative estimate of drug-likeness (QED) is 0.131. The monoisotopic (exact) mass is 511 g/mol. The summed E-state index contributed by atoms with van der Waals surface area (Å²) in [5.41, 5.74) is 4.14. The molecular formula is C35H49N3. The van der Waals surface area contributed by atoms with Crippen molar-refractivity contribution < 1.29 is 0 Å². The molecule has 3 nitrogen and oxygen atoms in total. The molecule has 204 valence electrons. The van der Waals surface area contributed by atoms with Gasteiger partial charge in [-0.25, -0.2) is 0 Å². The summed E-state index contributed by atoms with van der Waals surface area (Å²) < 4.78 is 0. The molecule has 0 aliphatic carbocycles. The fourth-order valence-corrected chi connectivity index (χ4v) is 4.91. The molecule has 0 saturated heterocycles. The van der Waals surface area contributed by atoms with E-state index in [2.05, 4.69) is 69.7 Å². The van der Waals surface area contributed by atoms with E-state index in [0.717, 1.165) is 25.8 Å². The van der Waals surface area contributed by atoms with Crippen LogP contribution in [0.3, 0.4) is 0 Å². The van der Waals surface area contributed by atoms with Crippen molar-refractivity contribution in [2.24, 2.45) is 0 Å². The highest BCUT2D eigenvalue weighted by atomic mass is 15.1. The Morgan fingerprint density at radius 2 is 1.32 bits per heavy atom. The van der Waals surface area contributed by atoms with Gasteiger partial charge in [0, 0.05) is 44.1 Å². The zero-order chi connectivity index (χ0) is 26.4. The van der Waals surface area contributed by atoms with Gasteiger partial charge < -0.3 is 4.90 Å². The lowest BCUT2D eigenvalue weighted by Gasteiger charge is -2.23. The fourth-order valence-electron chi connectivity index (χ4n) is 4.91. The number of rotatable bonds is 20. The lowest BCUT2D eigenvalue weighted by molar-refractivity contribution is 0.388. The summed E-state index contributed by atoms with van der Waals surface area (Å²) >= 11 is 0. The van der Waals surface area contributed by atoms with E-state index in [4.69, 9.17) is 0 Å². The van der Waals surface area contributed by atoms with Crippen LogP contribution in [0.5, 0.6) is 0 Å². The van der Waals surface area contributed by atoms with Gasteiger partial charge in [0.2, 0.25) is 0 Å². The number of allylic oxidation sites excluding steroid dienone is 6. The molecule has 0 radical (unpaired) electrons. The Morgan fingerprint density at radius 1 is 0.658 bits per heavy atom. The van der Waals surface area contributed by atoms with Gasteiger partial charge in [0.25, 0.3) is 0 Å². The van der Waals surface area contributed by atoms with Crippen LogP contribution < -0.4 is 0 Å². The first-order valence-electron chi connectivity index (χ1n) is 15.1.